The Labute approximate surface area is 110 Å². The molecule has 0 spiro atoms. The van der Waals surface area contributed by atoms with E-state index in [0.717, 1.165) is 24.5 Å². The van der Waals surface area contributed by atoms with Gasteiger partial charge in [0.1, 0.15) is 5.82 Å². The highest BCUT2D eigenvalue weighted by Crippen LogP contribution is 2.31. The van der Waals surface area contributed by atoms with Crippen molar-refractivity contribution in [3.8, 4) is 0 Å². The minimum Gasteiger partial charge on any atom is -0.330 e. The number of nitrogens with zero attached hydrogens (tertiary/aromatic N) is 3. The molecule has 102 valence electrons. The number of hydrogen-bond acceptors (Lipinski definition) is 3. The summed E-state index contributed by atoms with van der Waals surface area (Å²) in [4.78, 5) is 4.80. The maximum Gasteiger partial charge on any atom is 0.154 e. The monoisotopic (exact) mass is 250 g/mol. The van der Waals surface area contributed by atoms with E-state index < -0.39 is 0 Å². The van der Waals surface area contributed by atoms with Crippen LogP contribution in [0, 0.1) is 0 Å². The van der Waals surface area contributed by atoms with Crippen molar-refractivity contribution in [1.82, 2.24) is 14.8 Å². The Hall–Kier alpha value is -0.900. The average Bonchev–Trinajstić information content (AvgIpc) is 2.79. The minimum atomic E-state index is 0.366. The van der Waals surface area contributed by atoms with Crippen LogP contribution in [0.4, 0.5) is 0 Å². The topological polar surface area (TPSA) is 56.7 Å². The zero-order valence-electron chi connectivity index (χ0n) is 11.7. The van der Waals surface area contributed by atoms with Crippen molar-refractivity contribution in [3.63, 3.8) is 0 Å². The standard InChI is InChI=1S/C14H26N4/c1-3-7-12(10-15)14-16-13(17-18(14)2)11-8-5-4-6-9-11/h11-12H,3-10,15H2,1-2H3. The highest BCUT2D eigenvalue weighted by Gasteiger charge is 2.23. The van der Waals surface area contributed by atoms with Crippen molar-refractivity contribution in [2.75, 3.05) is 6.54 Å². The van der Waals surface area contributed by atoms with Crippen LogP contribution in [0.25, 0.3) is 0 Å². The molecule has 1 aromatic rings. The SMILES string of the molecule is CCCC(CN)c1nc(C2CCCCC2)nn1C. The first kappa shape index (κ1) is 13.5. The molecule has 1 unspecified atom stereocenters. The fourth-order valence-corrected chi connectivity index (χ4v) is 3.01. The van der Waals surface area contributed by atoms with Crippen LogP contribution in [0.5, 0.6) is 0 Å². The Balaban J connectivity index is 2.14. The number of nitrogens with two attached hydrogens (primary N) is 1. The molecule has 1 aliphatic rings. The smallest absolute Gasteiger partial charge is 0.154 e. The first-order chi connectivity index (χ1) is 8.76. The fraction of sp³-hybridized carbons (Fsp3) is 0.857. The molecule has 1 aromatic heterocycles. The Morgan fingerprint density at radius 1 is 1.33 bits per heavy atom. The summed E-state index contributed by atoms with van der Waals surface area (Å²) in [7, 11) is 2.01. The molecule has 0 amide bonds. The van der Waals surface area contributed by atoms with E-state index in [4.69, 9.17) is 10.7 Å². The van der Waals surface area contributed by atoms with Gasteiger partial charge in [-0.05, 0) is 19.3 Å². The van der Waals surface area contributed by atoms with Gasteiger partial charge >= 0.3 is 0 Å². The summed E-state index contributed by atoms with van der Waals surface area (Å²) in [5, 5.41) is 4.64. The molecule has 0 aromatic carbocycles. The quantitative estimate of drug-likeness (QED) is 0.874. The van der Waals surface area contributed by atoms with Gasteiger partial charge in [-0.15, -0.1) is 0 Å². The van der Waals surface area contributed by atoms with Crippen molar-refractivity contribution >= 4 is 0 Å². The van der Waals surface area contributed by atoms with Crippen LogP contribution in [0.2, 0.25) is 0 Å². The van der Waals surface area contributed by atoms with Crippen LogP contribution in [0.3, 0.4) is 0 Å². The van der Waals surface area contributed by atoms with E-state index in [0.29, 0.717) is 18.4 Å². The molecule has 4 nitrogen and oxygen atoms in total. The van der Waals surface area contributed by atoms with Crippen molar-refractivity contribution in [3.05, 3.63) is 11.6 Å². The predicted molar refractivity (Wildman–Crippen MR) is 73.5 cm³/mol. The lowest BCUT2D eigenvalue weighted by molar-refractivity contribution is 0.427. The van der Waals surface area contributed by atoms with Crippen LogP contribution in [0.15, 0.2) is 0 Å². The molecular formula is C14H26N4. The average molecular weight is 250 g/mol. The Bertz CT molecular complexity index is 366. The Morgan fingerprint density at radius 2 is 2.06 bits per heavy atom. The van der Waals surface area contributed by atoms with E-state index >= 15 is 0 Å². The molecule has 1 saturated carbocycles. The Morgan fingerprint density at radius 3 is 2.67 bits per heavy atom. The maximum absolute atomic E-state index is 5.87. The van der Waals surface area contributed by atoms with Gasteiger partial charge in [0.15, 0.2) is 5.82 Å². The molecule has 0 aliphatic heterocycles. The van der Waals surface area contributed by atoms with E-state index in [1.807, 2.05) is 11.7 Å². The molecule has 0 bridgehead atoms. The van der Waals surface area contributed by atoms with Gasteiger partial charge < -0.3 is 5.73 Å². The molecular weight excluding hydrogens is 224 g/mol. The molecule has 0 saturated heterocycles. The lowest BCUT2D eigenvalue weighted by atomic mass is 9.89. The first-order valence-corrected chi connectivity index (χ1v) is 7.37. The molecule has 2 N–H and O–H groups in total. The van der Waals surface area contributed by atoms with Gasteiger partial charge in [-0.1, -0.05) is 32.6 Å². The van der Waals surface area contributed by atoms with Crippen molar-refractivity contribution in [1.29, 1.82) is 0 Å². The second kappa shape index (κ2) is 6.32. The molecule has 1 heterocycles. The van der Waals surface area contributed by atoms with Crippen molar-refractivity contribution in [2.24, 2.45) is 12.8 Å². The van der Waals surface area contributed by atoms with Gasteiger partial charge in [0.05, 0.1) is 0 Å². The van der Waals surface area contributed by atoms with Crippen LogP contribution in [-0.2, 0) is 7.05 Å². The number of rotatable bonds is 5. The molecule has 1 fully saturated rings. The molecule has 4 heteroatoms. The summed E-state index contributed by atoms with van der Waals surface area (Å²) in [5.74, 6) is 3.09. The summed E-state index contributed by atoms with van der Waals surface area (Å²) in [6, 6.07) is 0. The molecule has 0 radical (unpaired) electrons. The van der Waals surface area contributed by atoms with Gasteiger partial charge in [0.2, 0.25) is 0 Å². The van der Waals surface area contributed by atoms with Gasteiger partial charge in [-0.3, -0.25) is 4.68 Å². The molecule has 1 aliphatic carbocycles. The van der Waals surface area contributed by atoms with Crippen LogP contribution in [0.1, 0.15) is 75.4 Å². The molecule has 18 heavy (non-hydrogen) atoms. The van der Waals surface area contributed by atoms with E-state index in [-0.39, 0.29) is 0 Å². The number of aromatic nitrogens is 3. The number of hydrogen-bond donors (Lipinski definition) is 1. The summed E-state index contributed by atoms with van der Waals surface area (Å²) >= 11 is 0. The van der Waals surface area contributed by atoms with Gasteiger partial charge in [-0.2, -0.15) is 5.10 Å². The van der Waals surface area contributed by atoms with Crippen molar-refractivity contribution in [2.45, 2.75) is 63.7 Å². The maximum atomic E-state index is 5.87. The number of aryl methyl sites for hydroxylation is 1. The third-order valence-corrected chi connectivity index (χ3v) is 4.07. The lowest BCUT2D eigenvalue weighted by Crippen LogP contribution is -2.16. The van der Waals surface area contributed by atoms with Gasteiger partial charge in [0, 0.05) is 25.4 Å². The zero-order chi connectivity index (χ0) is 13.0. The largest absolute Gasteiger partial charge is 0.330 e. The molecule has 2 rings (SSSR count). The second-order valence-electron chi connectivity index (χ2n) is 5.51. The highest BCUT2D eigenvalue weighted by molar-refractivity contribution is 5.05. The molecule has 1 atom stereocenters. The summed E-state index contributed by atoms with van der Waals surface area (Å²) in [6.45, 7) is 2.87. The third kappa shape index (κ3) is 2.91. The van der Waals surface area contributed by atoms with Gasteiger partial charge in [0.25, 0.3) is 0 Å². The van der Waals surface area contributed by atoms with E-state index in [2.05, 4.69) is 12.0 Å². The highest BCUT2D eigenvalue weighted by atomic mass is 15.3. The van der Waals surface area contributed by atoms with Crippen LogP contribution in [-0.4, -0.2) is 21.3 Å². The minimum absolute atomic E-state index is 0.366. The zero-order valence-corrected chi connectivity index (χ0v) is 11.7. The Kier molecular flexibility index (Phi) is 4.75. The predicted octanol–water partition coefficient (Wildman–Crippen LogP) is 2.71. The normalized spacial score (nSPS) is 19.1. The summed E-state index contributed by atoms with van der Waals surface area (Å²) in [5.41, 5.74) is 5.87. The summed E-state index contributed by atoms with van der Waals surface area (Å²) in [6.07, 6.45) is 8.79. The van der Waals surface area contributed by atoms with Crippen molar-refractivity contribution < 1.29 is 0 Å². The van der Waals surface area contributed by atoms with Crippen LogP contribution < -0.4 is 5.73 Å². The second-order valence-corrected chi connectivity index (χ2v) is 5.51. The van der Waals surface area contributed by atoms with Crippen LogP contribution >= 0.6 is 0 Å². The fourth-order valence-electron chi connectivity index (χ4n) is 3.01. The van der Waals surface area contributed by atoms with E-state index in [1.54, 1.807) is 0 Å². The lowest BCUT2D eigenvalue weighted by Gasteiger charge is -2.18. The first-order valence-electron chi connectivity index (χ1n) is 7.37. The van der Waals surface area contributed by atoms with E-state index in [1.165, 1.54) is 32.1 Å². The van der Waals surface area contributed by atoms with E-state index in [9.17, 15) is 0 Å². The van der Waals surface area contributed by atoms with Gasteiger partial charge in [-0.25, -0.2) is 4.98 Å². The summed E-state index contributed by atoms with van der Waals surface area (Å²) < 4.78 is 1.96. The third-order valence-electron chi connectivity index (χ3n) is 4.07.